The number of hydrogen-bond acceptors (Lipinski definition) is 3. The predicted molar refractivity (Wildman–Crippen MR) is 113 cm³/mol. The van der Waals surface area contributed by atoms with Crippen molar-refractivity contribution in [2.75, 3.05) is 13.1 Å². The summed E-state index contributed by atoms with van der Waals surface area (Å²) in [5, 5.41) is 3.93. The minimum absolute atomic E-state index is 0.0790. The molecule has 6 nitrogen and oxygen atoms in total. The molecule has 1 saturated carbocycles. The molecule has 1 aromatic carbocycles. The van der Waals surface area contributed by atoms with Gasteiger partial charge in [-0.25, -0.2) is 0 Å². The van der Waals surface area contributed by atoms with Gasteiger partial charge < -0.3 is 15.2 Å². The van der Waals surface area contributed by atoms with E-state index >= 15 is 0 Å². The molecule has 2 aromatic rings. The average Bonchev–Trinajstić information content (AvgIpc) is 3.11. The number of rotatable bonds is 5. The molecule has 154 valence electrons. The van der Waals surface area contributed by atoms with Crippen molar-refractivity contribution in [2.45, 2.75) is 57.9 Å². The first-order chi connectivity index (χ1) is 14.0. The molecule has 2 heterocycles. The first kappa shape index (κ1) is 19.7. The standard InChI is InChI=1S/C23H29N3O3/c1-15-7-8-20-17(11-15)12-16(23(29)25-20)9-10-24-22(28)18-13-21(27)26(14-18)19-5-3-2-4-6-19/h7-8,11-12,18-19H,2-6,9-10,13-14H2,1H3,(H,24,28)(H,25,29). The smallest absolute Gasteiger partial charge is 0.251 e. The molecule has 1 aromatic heterocycles. The highest BCUT2D eigenvalue weighted by molar-refractivity contribution is 5.89. The largest absolute Gasteiger partial charge is 0.355 e. The lowest BCUT2D eigenvalue weighted by molar-refractivity contribution is -0.130. The Morgan fingerprint density at radius 1 is 1.17 bits per heavy atom. The maximum atomic E-state index is 12.6. The number of carbonyl (C=O) groups is 2. The van der Waals surface area contributed by atoms with E-state index in [9.17, 15) is 14.4 Å². The van der Waals surface area contributed by atoms with Crippen molar-refractivity contribution in [1.82, 2.24) is 15.2 Å². The molecular weight excluding hydrogens is 366 g/mol. The highest BCUT2D eigenvalue weighted by atomic mass is 16.2. The second-order valence-corrected chi connectivity index (χ2v) is 8.49. The number of aromatic amines is 1. The Bertz CT molecular complexity index is 975. The van der Waals surface area contributed by atoms with E-state index in [-0.39, 0.29) is 23.3 Å². The van der Waals surface area contributed by atoms with Gasteiger partial charge in [0.15, 0.2) is 0 Å². The van der Waals surface area contributed by atoms with Crippen molar-refractivity contribution < 1.29 is 9.59 Å². The molecule has 29 heavy (non-hydrogen) atoms. The SMILES string of the molecule is Cc1ccc2[nH]c(=O)c(CCNC(=O)C3CC(=O)N(C4CCCCC4)C3)cc2c1. The van der Waals surface area contributed by atoms with E-state index in [1.807, 2.05) is 36.1 Å². The number of likely N-dealkylation sites (tertiary alicyclic amines) is 1. The number of amides is 2. The zero-order valence-electron chi connectivity index (χ0n) is 17.0. The van der Waals surface area contributed by atoms with E-state index in [0.29, 0.717) is 37.5 Å². The van der Waals surface area contributed by atoms with E-state index in [2.05, 4.69) is 10.3 Å². The Morgan fingerprint density at radius 3 is 2.76 bits per heavy atom. The summed E-state index contributed by atoms with van der Waals surface area (Å²) in [7, 11) is 0. The van der Waals surface area contributed by atoms with Crippen LogP contribution >= 0.6 is 0 Å². The first-order valence-corrected chi connectivity index (χ1v) is 10.7. The Kier molecular flexibility index (Phi) is 5.69. The molecule has 1 aliphatic carbocycles. The van der Waals surface area contributed by atoms with Crippen LogP contribution in [0.1, 0.15) is 49.7 Å². The third-order valence-corrected chi connectivity index (χ3v) is 6.31. The molecular formula is C23H29N3O3. The van der Waals surface area contributed by atoms with Crippen LogP contribution < -0.4 is 10.9 Å². The number of hydrogen-bond donors (Lipinski definition) is 2. The number of pyridine rings is 1. The summed E-state index contributed by atoms with van der Waals surface area (Å²) in [5.41, 5.74) is 2.50. The summed E-state index contributed by atoms with van der Waals surface area (Å²) in [4.78, 5) is 42.1. The van der Waals surface area contributed by atoms with E-state index < -0.39 is 0 Å². The van der Waals surface area contributed by atoms with Crippen molar-refractivity contribution >= 4 is 22.7 Å². The molecule has 2 aliphatic rings. The molecule has 6 heteroatoms. The fraction of sp³-hybridized carbons (Fsp3) is 0.522. The predicted octanol–water partition coefficient (Wildman–Crippen LogP) is 2.68. The average molecular weight is 396 g/mol. The summed E-state index contributed by atoms with van der Waals surface area (Å²) in [6, 6.07) is 8.13. The number of carbonyl (C=O) groups excluding carboxylic acids is 2. The Labute approximate surface area is 170 Å². The molecule has 2 N–H and O–H groups in total. The van der Waals surface area contributed by atoms with Crippen LogP contribution in [0.25, 0.3) is 10.9 Å². The van der Waals surface area contributed by atoms with Crippen LogP contribution in [0.2, 0.25) is 0 Å². The van der Waals surface area contributed by atoms with E-state index in [1.54, 1.807) is 0 Å². The lowest BCUT2D eigenvalue weighted by Gasteiger charge is -2.31. The molecule has 0 radical (unpaired) electrons. The van der Waals surface area contributed by atoms with Crippen molar-refractivity contribution in [3.05, 3.63) is 45.7 Å². The molecule has 1 aliphatic heterocycles. The van der Waals surface area contributed by atoms with E-state index in [4.69, 9.17) is 0 Å². The van der Waals surface area contributed by atoms with Crippen molar-refractivity contribution in [3.8, 4) is 0 Å². The van der Waals surface area contributed by atoms with Crippen LogP contribution in [-0.2, 0) is 16.0 Å². The monoisotopic (exact) mass is 395 g/mol. The zero-order chi connectivity index (χ0) is 20.4. The topological polar surface area (TPSA) is 82.3 Å². The van der Waals surface area contributed by atoms with Crippen LogP contribution in [0, 0.1) is 12.8 Å². The van der Waals surface area contributed by atoms with Gasteiger partial charge >= 0.3 is 0 Å². The molecule has 2 amide bonds. The van der Waals surface area contributed by atoms with Gasteiger partial charge in [0.25, 0.3) is 5.56 Å². The number of H-pyrrole nitrogens is 1. The minimum atomic E-state index is -0.276. The van der Waals surface area contributed by atoms with Crippen molar-refractivity contribution in [3.63, 3.8) is 0 Å². The summed E-state index contributed by atoms with van der Waals surface area (Å²) in [5.74, 6) is -0.245. The summed E-state index contributed by atoms with van der Waals surface area (Å²) < 4.78 is 0. The second kappa shape index (κ2) is 8.39. The lowest BCUT2D eigenvalue weighted by Crippen LogP contribution is -2.39. The number of nitrogens with one attached hydrogen (secondary N) is 2. The maximum absolute atomic E-state index is 12.6. The van der Waals surface area contributed by atoms with Gasteiger partial charge in [0, 0.05) is 36.6 Å². The molecule has 1 saturated heterocycles. The molecule has 1 atom stereocenters. The van der Waals surface area contributed by atoms with Gasteiger partial charge in [0.05, 0.1) is 5.92 Å². The van der Waals surface area contributed by atoms with Gasteiger partial charge in [-0.2, -0.15) is 0 Å². The highest BCUT2D eigenvalue weighted by Crippen LogP contribution is 2.28. The van der Waals surface area contributed by atoms with Gasteiger partial charge in [0.2, 0.25) is 11.8 Å². The first-order valence-electron chi connectivity index (χ1n) is 10.7. The summed E-state index contributed by atoms with van der Waals surface area (Å²) >= 11 is 0. The summed E-state index contributed by atoms with van der Waals surface area (Å²) in [6.45, 7) is 2.95. The fourth-order valence-corrected chi connectivity index (χ4v) is 4.67. The Balaban J connectivity index is 1.33. The van der Waals surface area contributed by atoms with Gasteiger partial charge in [-0.15, -0.1) is 0 Å². The number of benzene rings is 1. The quantitative estimate of drug-likeness (QED) is 0.817. The van der Waals surface area contributed by atoms with Crippen molar-refractivity contribution in [1.29, 1.82) is 0 Å². The van der Waals surface area contributed by atoms with Crippen LogP contribution in [0.3, 0.4) is 0 Å². The maximum Gasteiger partial charge on any atom is 0.251 e. The molecule has 4 rings (SSSR count). The van der Waals surface area contributed by atoms with Crippen LogP contribution in [0.4, 0.5) is 0 Å². The normalized spacial score (nSPS) is 20.4. The van der Waals surface area contributed by atoms with E-state index in [0.717, 1.165) is 29.3 Å². The summed E-state index contributed by atoms with van der Waals surface area (Å²) in [6.07, 6.45) is 6.48. The number of aryl methyl sites for hydroxylation is 1. The fourth-order valence-electron chi connectivity index (χ4n) is 4.67. The Hall–Kier alpha value is -2.63. The van der Waals surface area contributed by atoms with Gasteiger partial charge in [-0.05, 0) is 49.8 Å². The zero-order valence-corrected chi connectivity index (χ0v) is 17.0. The number of fused-ring (bicyclic) bond motifs is 1. The van der Waals surface area contributed by atoms with Crippen LogP contribution in [-0.4, -0.2) is 40.8 Å². The van der Waals surface area contributed by atoms with Gasteiger partial charge in [-0.3, -0.25) is 14.4 Å². The van der Waals surface area contributed by atoms with Gasteiger partial charge in [0.1, 0.15) is 0 Å². The van der Waals surface area contributed by atoms with Crippen molar-refractivity contribution in [2.24, 2.45) is 5.92 Å². The third kappa shape index (κ3) is 4.36. The number of aromatic nitrogens is 1. The third-order valence-electron chi connectivity index (χ3n) is 6.31. The Morgan fingerprint density at radius 2 is 1.97 bits per heavy atom. The lowest BCUT2D eigenvalue weighted by atomic mass is 9.94. The van der Waals surface area contributed by atoms with Crippen LogP contribution in [0.15, 0.2) is 29.1 Å². The molecule has 0 spiro atoms. The minimum Gasteiger partial charge on any atom is -0.355 e. The second-order valence-electron chi connectivity index (χ2n) is 8.49. The molecule has 2 fully saturated rings. The number of nitrogens with zero attached hydrogens (tertiary/aromatic N) is 1. The van der Waals surface area contributed by atoms with Gasteiger partial charge in [-0.1, -0.05) is 30.9 Å². The van der Waals surface area contributed by atoms with Crippen LogP contribution in [0.5, 0.6) is 0 Å². The highest BCUT2D eigenvalue weighted by Gasteiger charge is 2.37. The molecule has 0 bridgehead atoms. The molecule has 1 unspecified atom stereocenters. The van der Waals surface area contributed by atoms with E-state index in [1.165, 1.54) is 19.3 Å².